The van der Waals surface area contributed by atoms with Crippen molar-refractivity contribution in [2.24, 2.45) is 0 Å². The summed E-state index contributed by atoms with van der Waals surface area (Å²) in [6.45, 7) is -0.209. The number of rotatable bonds is 6. The van der Waals surface area contributed by atoms with Crippen LogP contribution < -0.4 is 15.6 Å². The molecular weight excluding hydrogens is 410 g/mol. The Morgan fingerprint density at radius 2 is 1.56 bits per heavy atom. The van der Waals surface area contributed by atoms with Gasteiger partial charge in [0, 0.05) is 11.1 Å². The first kappa shape index (κ1) is 20.8. The predicted molar refractivity (Wildman–Crippen MR) is 119 cm³/mol. The molecule has 0 aliphatic rings. The molecule has 0 unspecified atom stereocenters. The highest BCUT2D eigenvalue weighted by Crippen LogP contribution is 2.19. The lowest BCUT2D eigenvalue weighted by atomic mass is 10.1. The predicted octanol–water partition coefficient (Wildman–Crippen LogP) is 3.19. The number of aromatic nitrogens is 2. The summed E-state index contributed by atoms with van der Waals surface area (Å²) in [7, 11) is 1.28. The van der Waals surface area contributed by atoms with E-state index in [1.165, 1.54) is 11.8 Å². The summed E-state index contributed by atoms with van der Waals surface area (Å²) < 4.78 is 11.1. The first-order chi connectivity index (χ1) is 15.6. The molecule has 3 aromatic carbocycles. The van der Waals surface area contributed by atoms with Crippen molar-refractivity contribution in [2.45, 2.75) is 0 Å². The zero-order chi connectivity index (χ0) is 22.5. The van der Waals surface area contributed by atoms with E-state index in [1.807, 2.05) is 6.07 Å². The van der Waals surface area contributed by atoms with Gasteiger partial charge in [-0.25, -0.2) is 4.79 Å². The van der Waals surface area contributed by atoms with Crippen molar-refractivity contribution >= 4 is 28.3 Å². The number of carbonyl (C=O) groups excluding carboxylic acids is 2. The van der Waals surface area contributed by atoms with E-state index < -0.39 is 11.9 Å². The van der Waals surface area contributed by atoms with Crippen molar-refractivity contribution in [2.75, 3.05) is 19.0 Å². The van der Waals surface area contributed by atoms with Crippen LogP contribution in [0.2, 0.25) is 0 Å². The number of carbonyl (C=O) groups is 2. The van der Waals surface area contributed by atoms with Gasteiger partial charge < -0.3 is 14.8 Å². The molecule has 0 fully saturated rings. The van der Waals surface area contributed by atoms with Crippen LogP contribution in [0.4, 0.5) is 5.69 Å². The van der Waals surface area contributed by atoms with Gasteiger partial charge in [0.05, 0.1) is 18.2 Å². The molecule has 4 rings (SSSR count). The maximum absolute atomic E-state index is 13.1. The molecule has 0 saturated carbocycles. The molecule has 1 aromatic heterocycles. The molecule has 0 bridgehead atoms. The molecule has 0 spiro atoms. The summed E-state index contributed by atoms with van der Waals surface area (Å²) >= 11 is 0. The molecule has 0 saturated heterocycles. The van der Waals surface area contributed by atoms with Crippen molar-refractivity contribution in [3.8, 4) is 11.4 Å². The highest BCUT2D eigenvalue weighted by Gasteiger charge is 2.17. The molecule has 1 heterocycles. The molecule has 1 N–H and O–H groups in total. The molecule has 8 nitrogen and oxygen atoms in total. The highest BCUT2D eigenvalue weighted by atomic mass is 16.6. The van der Waals surface area contributed by atoms with Crippen molar-refractivity contribution in [1.82, 2.24) is 9.78 Å². The Morgan fingerprint density at radius 1 is 0.906 bits per heavy atom. The third-order valence-corrected chi connectivity index (χ3v) is 4.72. The summed E-state index contributed by atoms with van der Waals surface area (Å²) in [5.74, 6) is -0.502. The zero-order valence-corrected chi connectivity index (χ0v) is 17.1. The van der Waals surface area contributed by atoms with Gasteiger partial charge in [-0.2, -0.15) is 9.78 Å². The Balaban J connectivity index is 1.64. The second-order valence-corrected chi connectivity index (χ2v) is 6.79. The molecule has 0 atom stereocenters. The SMILES string of the molecule is COC(=O)COc1ccc(NC(=O)c2nn(-c3ccccc3)c(=O)c3ccccc23)cc1. The minimum Gasteiger partial charge on any atom is -0.482 e. The normalized spacial score (nSPS) is 10.5. The van der Waals surface area contributed by atoms with Crippen LogP contribution in [0.15, 0.2) is 83.7 Å². The number of fused-ring (bicyclic) bond motifs is 1. The summed E-state index contributed by atoms with van der Waals surface area (Å²) in [6.07, 6.45) is 0. The number of methoxy groups -OCH3 is 1. The Kier molecular flexibility index (Phi) is 5.94. The number of esters is 1. The van der Waals surface area contributed by atoms with Crippen LogP contribution in [-0.2, 0) is 9.53 Å². The number of hydrogen-bond donors (Lipinski definition) is 1. The number of para-hydroxylation sites is 1. The largest absolute Gasteiger partial charge is 0.482 e. The maximum atomic E-state index is 13.1. The molecule has 0 aliphatic heterocycles. The van der Waals surface area contributed by atoms with Crippen molar-refractivity contribution in [3.05, 3.63) is 94.9 Å². The Labute approximate surface area is 183 Å². The van der Waals surface area contributed by atoms with Crippen molar-refractivity contribution in [3.63, 3.8) is 0 Å². The summed E-state index contributed by atoms with van der Waals surface area (Å²) in [5.41, 5.74) is 0.874. The summed E-state index contributed by atoms with van der Waals surface area (Å²) in [5, 5.41) is 8.00. The Hall–Kier alpha value is -4.46. The third-order valence-electron chi connectivity index (χ3n) is 4.72. The minimum absolute atomic E-state index is 0.120. The number of ether oxygens (including phenoxy) is 2. The van der Waals surface area contributed by atoms with E-state index >= 15 is 0 Å². The standard InChI is InChI=1S/C24H19N3O5/c1-31-21(28)15-32-18-13-11-16(12-14-18)25-23(29)22-19-9-5-6-10-20(19)24(30)27(26-22)17-7-3-2-4-8-17/h2-14H,15H2,1H3,(H,25,29). The van der Waals surface area contributed by atoms with Gasteiger partial charge in [0.15, 0.2) is 12.3 Å². The van der Waals surface area contributed by atoms with Crippen LogP contribution in [0.25, 0.3) is 16.5 Å². The smallest absolute Gasteiger partial charge is 0.343 e. The fraction of sp³-hybridized carbons (Fsp3) is 0.0833. The molecule has 32 heavy (non-hydrogen) atoms. The topological polar surface area (TPSA) is 99.5 Å². The second kappa shape index (κ2) is 9.13. The highest BCUT2D eigenvalue weighted by molar-refractivity contribution is 6.11. The molecule has 0 aliphatic carbocycles. The van der Waals surface area contributed by atoms with E-state index in [2.05, 4.69) is 15.2 Å². The summed E-state index contributed by atoms with van der Waals surface area (Å²) in [4.78, 5) is 37.2. The summed E-state index contributed by atoms with van der Waals surface area (Å²) in [6, 6.07) is 22.3. The van der Waals surface area contributed by atoms with Gasteiger partial charge >= 0.3 is 5.97 Å². The quantitative estimate of drug-likeness (QED) is 0.473. The molecule has 1 amide bonds. The van der Waals surface area contributed by atoms with Gasteiger partial charge in [0.1, 0.15) is 5.75 Å². The lowest BCUT2D eigenvalue weighted by Crippen LogP contribution is -2.26. The van der Waals surface area contributed by atoms with Crippen LogP contribution >= 0.6 is 0 Å². The van der Waals surface area contributed by atoms with E-state index in [4.69, 9.17) is 4.74 Å². The van der Waals surface area contributed by atoms with E-state index in [-0.39, 0.29) is 17.9 Å². The first-order valence-electron chi connectivity index (χ1n) is 9.75. The monoisotopic (exact) mass is 429 g/mol. The van der Waals surface area contributed by atoms with E-state index in [9.17, 15) is 14.4 Å². The van der Waals surface area contributed by atoms with E-state index in [0.717, 1.165) is 0 Å². The van der Waals surface area contributed by atoms with Gasteiger partial charge in [0.25, 0.3) is 11.5 Å². The van der Waals surface area contributed by atoms with Crippen LogP contribution in [0, 0.1) is 0 Å². The van der Waals surface area contributed by atoms with Crippen molar-refractivity contribution < 1.29 is 19.1 Å². The van der Waals surface area contributed by atoms with Gasteiger partial charge in [0.2, 0.25) is 0 Å². The number of amides is 1. The van der Waals surface area contributed by atoms with Gasteiger partial charge in [-0.3, -0.25) is 9.59 Å². The first-order valence-corrected chi connectivity index (χ1v) is 9.75. The zero-order valence-electron chi connectivity index (χ0n) is 17.1. The number of nitrogens with zero attached hydrogens (tertiary/aromatic N) is 2. The second-order valence-electron chi connectivity index (χ2n) is 6.79. The number of hydrogen-bond acceptors (Lipinski definition) is 6. The fourth-order valence-corrected chi connectivity index (χ4v) is 3.13. The van der Waals surface area contributed by atoms with Gasteiger partial charge in [-0.1, -0.05) is 36.4 Å². The van der Waals surface area contributed by atoms with Crippen LogP contribution in [0.5, 0.6) is 5.75 Å². The van der Waals surface area contributed by atoms with Crippen LogP contribution in [0.1, 0.15) is 10.5 Å². The number of nitrogens with one attached hydrogen (secondary N) is 1. The van der Waals surface area contributed by atoms with E-state index in [1.54, 1.807) is 72.8 Å². The fourth-order valence-electron chi connectivity index (χ4n) is 3.13. The Bertz CT molecular complexity index is 1330. The minimum atomic E-state index is -0.492. The van der Waals surface area contributed by atoms with Gasteiger partial charge in [-0.05, 0) is 42.5 Å². The Morgan fingerprint density at radius 3 is 2.25 bits per heavy atom. The molecule has 160 valence electrons. The average molecular weight is 429 g/mol. The molecule has 0 radical (unpaired) electrons. The maximum Gasteiger partial charge on any atom is 0.343 e. The molecule has 4 aromatic rings. The van der Waals surface area contributed by atoms with Crippen LogP contribution in [-0.4, -0.2) is 35.4 Å². The third kappa shape index (κ3) is 4.34. The number of benzene rings is 3. The lowest BCUT2D eigenvalue weighted by molar-refractivity contribution is -0.142. The van der Waals surface area contributed by atoms with Gasteiger partial charge in [-0.15, -0.1) is 0 Å². The van der Waals surface area contributed by atoms with Crippen molar-refractivity contribution in [1.29, 1.82) is 0 Å². The molecular formula is C24H19N3O5. The average Bonchev–Trinajstić information content (AvgIpc) is 2.84. The number of anilines is 1. The molecule has 8 heteroatoms. The van der Waals surface area contributed by atoms with Crippen LogP contribution in [0.3, 0.4) is 0 Å². The lowest BCUT2D eigenvalue weighted by Gasteiger charge is -2.12. The van der Waals surface area contributed by atoms with E-state index in [0.29, 0.717) is 27.9 Å².